The molecule has 8 atom stereocenters. The third kappa shape index (κ3) is 2.45. The van der Waals surface area contributed by atoms with E-state index in [9.17, 15) is 0 Å². The molecule has 1 nitrogen and oxygen atoms in total. The van der Waals surface area contributed by atoms with Gasteiger partial charge in [0, 0.05) is 12.4 Å². The predicted molar refractivity (Wildman–Crippen MR) is 113 cm³/mol. The van der Waals surface area contributed by atoms with Gasteiger partial charge in [0.1, 0.15) is 0 Å². The van der Waals surface area contributed by atoms with Gasteiger partial charge < -0.3 is 0 Å². The number of pyridine rings is 1. The minimum Gasteiger partial charge on any atom is -0.264 e. The van der Waals surface area contributed by atoms with Crippen LogP contribution in [0.2, 0.25) is 0 Å². The summed E-state index contributed by atoms with van der Waals surface area (Å²) in [6.07, 6.45) is 16.6. The lowest BCUT2D eigenvalue weighted by atomic mass is 9.42. The lowest BCUT2D eigenvalue weighted by Crippen LogP contribution is -2.54. The summed E-state index contributed by atoms with van der Waals surface area (Å²) >= 11 is 0. The number of rotatable bonds is 1. The number of hydrogen-bond donors (Lipinski definition) is 0. The molecule has 3 saturated carbocycles. The van der Waals surface area contributed by atoms with Gasteiger partial charge in [-0.1, -0.05) is 39.8 Å². The average molecular weight is 364 g/mol. The number of hydrogen-bond acceptors (Lipinski definition) is 1. The molecule has 1 aromatic rings. The van der Waals surface area contributed by atoms with E-state index < -0.39 is 0 Å². The maximum atomic E-state index is 4.42. The van der Waals surface area contributed by atoms with Crippen molar-refractivity contribution in [3.05, 3.63) is 36.2 Å². The quantitative estimate of drug-likeness (QED) is 0.523. The highest BCUT2D eigenvalue weighted by Crippen LogP contribution is 2.68. The summed E-state index contributed by atoms with van der Waals surface area (Å²) < 4.78 is 0. The van der Waals surface area contributed by atoms with Crippen LogP contribution in [0.3, 0.4) is 0 Å². The van der Waals surface area contributed by atoms with Gasteiger partial charge in [-0.15, -0.1) is 0 Å². The van der Waals surface area contributed by atoms with Crippen molar-refractivity contribution in [1.29, 1.82) is 0 Å². The van der Waals surface area contributed by atoms with E-state index in [0.29, 0.717) is 10.8 Å². The summed E-state index contributed by atoms with van der Waals surface area (Å²) in [5.41, 5.74) is 3.96. The summed E-state index contributed by atoms with van der Waals surface area (Å²) in [6, 6.07) is 4.39. The van der Waals surface area contributed by atoms with Gasteiger partial charge in [0.05, 0.1) is 0 Å². The van der Waals surface area contributed by atoms with E-state index in [-0.39, 0.29) is 0 Å². The van der Waals surface area contributed by atoms with Crippen LogP contribution in [0.25, 0.3) is 5.57 Å². The monoisotopic (exact) mass is 363 g/mol. The fourth-order valence-electron chi connectivity index (χ4n) is 8.45. The van der Waals surface area contributed by atoms with Crippen LogP contribution in [0.4, 0.5) is 0 Å². The fraction of sp³-hybridized carbons (Fsp3) is 0.731. The van der Waals surface area contributed by atoms with Crippen molar-refractivity contribution in [2.24, 2.45) is 46.3 Å². The molecule has 0 spiro atoms. The second kappa shape index (κ2) is 6.19. The maximum Gasteiger partial charge on any atom is 0.0343 e. The maximum absolute atomic E-state index is 4.42. The summed E-state index contributed by atoms with van der Waals surface area (Å²) in [6.45, 7) is 10.4. The number of aromatic nitrogens is 1. The highest BCUT2D eigenvalue weighted by Gasteiger charge is 2.59. The Labute approximate surface area is 166 Å². The van der Waals surface area contributed by atoms with Crippen LogP contribution in [0.15, 0.2) is 30.6 Å². The van der Waals surface area contributed by atoms with E-state index >= 15 is 0 Å². The SMILES string of the molecule is CC1CC[C@@]2(C)C(CC[C@@H]3[C@@H]2CC[C@]2(C)C(c4cccnc4)=CC[C@@H]32)C1C. The van der Waals surface area contributed by atoms with Crippen LogP contribution < -0.4 is 0 Å². The number of fused-ring (bicyclic) bond motifs is 5. The first kappa shape index (κ1) is 18.0. The summed E-state index contributed by atoms with van der Waals surface area (Å²) in [4.78, 5) is 4.42. The lowest BCUT2D eigenvalue weighted by Gasteiger charge is -2.62. The molecule has 0 amide bonds. The highest BCUT2D eigenvalue weighted by molar-refractivity contribution is 5.72. The van der Waals surface area contributed by atoms with Gasteiger partial charge in [0.25, 0.3) is 0 Å². The molecule has 5 rings (SSSR count). The van der Waals surface area contributed by atoms with Gasteiger partial charge in [0.15, 0.2) is 0 Å². The fourth-order valence-corrected chi connectivity index (χ4v) is 8.45. The number of nitrogens with zero attached hydrogens (tertiary/aromatic N) is 1. The van der Waals surface area contributed by atoms with Gasteiger partial charge in [-0.05, 0) is 108 Å². The second-order valence-corrected chi connectivity index (χ2v) is 11.0. The van der Waals surface area contributed by atoms with E-state index in [1.165, 1.54) is 50.5 Å². The molecule has 27 heavy (non-hydrogen) atoms. The van der Waals surface area contributed by atoms with Gasteiger partial charge >= 0.3 is 0 Å². The van der Waals surface area contributed by atoms with Crippen molar-refractivity contribution in [2.75, 3.05) is 0 Å². The molecule has 1 heteroatoms. The second-order valence-electron chi connectivity index (χ2n) is 11.0. The highest BCUT2D eigenvalue weighted by atomic mass is 14.7. The van der Waals surface area contributed by atoms with Crippen molar-refractivity contribution in [3.8, 4) is 0 Å². The van der Waals surface area contributed by atoms with Crippen molar-refractivity contribution in [1.82, 2.24) is 4.98 Å². The standard InChI is InChI=1S/C26H37N/c1-17-11-13-25(3)21(18(17)2)8-7-20-23-10-9-22(19-6-5-15-27-16-19)26(23,4)14-12-24(20)25/h5-6,9,15-18,20-21,23-24H,7-8,10-14H2,1-4H3/t17?,18?,20-,21?,23-,24-,25-,26+/m0/s1. The smallest absolute Gasteiger partial charge is 0.0343 e. The zero-order valence-electron chi connectivity index (χ0n) is 17.7. The normalized spacial score (nSPS) is 49.0. The van der Waals surface area contributed by atoms with Crippen LogP contribution >= 0.6 is 0 Å². The van der Waals surface area contributed by atoms with Crippen LogP contribution in [0.1, 0.15) is 78.2 Å². The predicted octanol–water partition coefficient (Wildman–Crippen LogP) is 7.00. The molecule has 3 fully saturated rings. The first-order valence-electron chi connectivity index (χ1n) is 11.6. The Bertz CT molecular complexity index is 736. The molecule has 146 valence electrons. The van der Waals surface area contributed by atoms with E-state index in [4.69, 9.17) is 0 Å². The van der Waals surface area contributed by atoms with E-state index in [1.54, 1.807) is 5.57 Å². The molecule has 0 bridgehead atoms. The van der Waals surface area contributed by atoms with Crippen LogP contribution in [0, 0.1) is 46.3 Å². The Morgan fingerprint density at radius 3 is 2.59 bits per heavy atom. The molecule has 3 unspecified atom stereocenters. The first-order valence-corrected chi connectivity index (χ1v) is 11.6. The van der Waals surface area contributed by atoms with Crippen molar-refractivity contribution in [3.63, 3.8) is 0 Å². The van der Waals surface area contributed by atoms with Gasteiger partial charge in [-0.2, -0.15) is 0 Å². The van der Waals surface area contributed by atoms with Crippen molar-refractivity contribution in [2.45, 2.75) is 72.6 Å². The zero-order chi connectivity index (χ0) is 18.8. The Morgan fingerprint density at radius 1 is 0.963 bits per heavy atom. The zero-order valence-corrected chi connectivity index (χ0v) is 17.7. The molecule has 1 heterocycles. The van der Waals surface area contributed by atoms with E-state index in [2.05, 4.69) is 57.1 Å². The number of allylic oxidation sites excluding steroid dienone is 2. The van der Waals surface area contributed by atoms with Gasteiger partial charge in [-0.3, -0.25) is 4.98 Å². The third-order valence-corrected chi connectivity index (χ3v) is 10.2. The molecule has 1 aromatic heterocycles. The molecular weight excluding hydrogens is 326 g/mol. The van der Waals surface area contributed by atoms with E-state index in [0.717, 1.165) is 35.5 Å². The molecule has 0 radical (unpaired) electrons. The van der Waals surface area contributed by atoms with Gasteiger partial charge in [-0.25, -0.2) is 0 Å². The average Bonchev–Trinajstić information content (AvgIpc) is 3.03. The molecule has 0 saturated heterocycles. The van der Waals surface area contributed by atoms with Crippen LogP contribution in [-0.2, 0) is 0 Å². The largest absolute Gasteiger partial charge is 0.264 e. The first-order chi connectivity index (χ1) is 12.9. The molecule has 0 N–H and O–H groups in total. The van der Waals surface area contributed by atoms with Crippen molar-refractivity contribution < 1.29 is 0 Å². The van der Waals surface area contributed by atoms with Crippen LogP contribution in [-0.4, -0.2) is 4.98 Å². The summed E-state index contributed by atoms with van der Waals surface area (Å²) in [7, 11) is 0. The molecule has 4 aliphatic carbocycles. The Balaban J connectivity index is 1.45. The molecular formula is C26H37N. The van der Waals surface area contributed by atoms with E-state index in [1.807, 2.05) is 6.20 Å². The topological polar surface area (TPSA) is 12.9 Å². The van der Waals surface area contributed by atoms with Crippen LogP contribution in [0.5, 0.6) is 0 Å². The molecule has 0 aliphatic heterocycles. The minimum absolute atomic E-state index is 0.376. The molecule has 0 aromatic carbocycles. The Kier molecular flexibility index (Phi) is 4.12. The summed E-state index contributed by atoms with van der Waals surface area (Å²) in [5.74, 6) is 5.59. The van der Waals surface area contributed by atoms with Gasteiger partial charge in [0.2, 0.25) is 0 Å². The summed E-state index contributed by atoms with van der Waals surface area (Å²) in [5, 5.41) is 0. The Hall–Kier alpha value is -1.11. The van der Waals surface area contributed by atoms with Crippen molar-refractivity contribution >= 4 is 5.57 Å². The Morgan fingerprint density at radius 2 is 1.81 bits per heavy atom. The lowest BCUT2D eigenvalue weighted by molar-refractivity contribution is -0.122. The molecule has 4 aliphatic rings. The third-order valence-electron chi connectivity index (χ3n) is 10.2. The minimum atomic E-state index is 0.376.